The average Bonchev–Trinajstić information content (AvgIpc) is 1.57. The summed E-state index contributed by atoms with van der Waals surface area (Å²) in [6, 6.07) is 0.00998. The van der Waals surface area contributed by atoms with E-state index in [9.17, 15) is 165 Å². The number of benzene rings is 2. The number of anilines is 1. The molecule has 3 aliphatic rings. The van der Waals surface area contributed by atoms with Gasteiger partial charge in [-0.3, -0.25) is 43.4 Å². The second-order valence-corrected chi connectivity index (χ2v) is 35.7. The molecule has 4 heterocycles. The number of carbonyl (C=O) groups excluding carboxylic acids is 9. The lowest BCUT2D eigenvalue weighted by molar-refractivity contribution is -0.172. The summed E-state index contributed by atoms with van der Waals surface area (Å²) in [7, 11) is 0. The number of carboxylic acid groups (broad SMARTS) is 1. The number of amides is 9. The van der Waals surface area contributed by atoms with E-state index in [0.717, 1.165) is 0 Å². The molecule has 780 valence electrons. The number of cyclic esters (lactones) is 1. The zero-order valence-electron chi connectivity index (χ0n) is 77.6. The molecule has 9 amide bonds. The van der Waals surface area contributed by atoms with Gasteiger partial charge in [-0.2, -0.15) is 0 Å². The number of urea groups is 1. The maximum absolute atomic E-state index is 15.6. The standard InChI is InChI=1S/C89H137FN14O35/c1-5-89(137)49-29-57-71-47(31-104(57)84(131)48(49)41-138-86(89)134)69-52(22-21-46-43(4)50(90)30-56(96-71)68(46)69)100-88(136)139-40-44-17-19-45(20-18-44)95-81(128)54(16-12-26-94-87(92)135)98-83(130)70(42(2)3)101-67(118)24-23-66(117)93-25-9-6-14-53(97-80(127)51(91)13-7-10-27-102(32-58(109)72(119)76(123)62(113)36-105)33-59(110)73(120)77(124)63(114)37-106)82(129)99-55(85(132)133)15-8-11-28-103(34-60(111)74(121)78(125)64(115)38-107)35-61(112)75(122)79(126)65(116)39-108/h17-20,29-30,42,51-55,58-65,70,72-79,105-116,119-126,137H,5-16,21-28,31-41,91H2,1-4H3,(H,93,117)(H,95,128)(H,97,127)(H,98,130)(H,99,129)(H,100,136)(H,101,118)(H,132,133)(H3,92,94,135)/t51-,52-,53-,54-,55-,58-,59-,60-,61-,62+,63+,64+,65+,70-,72+,73+,74+,75+,76+,77+,78+,79+,89-/m0/s1. The number of aliphatic hydroxyl groups excluding tert-OH is 20. The van der Waals surface area contributed by atoms with Crippen LogP contribution >= 0.6 is 0 Å². The Balaban J connectivity index is 0.960. The Labute approximate surface area is 797 Å². The summed E-state index contributed by atoms with van der Waals surface area (Å²) in [6.45, 7) is -1.44. The van der Waals surface area contributed by atoms with Crippen LogP contribution in [0.4, 0.5) is 19.7 Å². The smallest absolute Gasteiger partial charge is 0.407 e. The molecular weight excluding hydrogens is 1840 g/mol. The van der Waals surface area contributed by atoms with Gasteiger partial charge in [0.15, 0.2) is 5.60 Å². The van der Waals surface area contributed by atoms with Gasteiger partial charge in [-0.05, 0) is 150 Å². The van der Waals surface area contributed by atoms with Crippen LogP contribution in [0.25, 0.3) is 22.3 Å². The van der Waals surface area contributed by atoms with E-state index >= 15 is 4.39 Å². The lowest BCUT2D eigenvalue weighted by atomic mass is 9.81. The van der Waals surface area contributed by atoms with Gasteiger partial charge in [0.25, 0.3) is 5.56 Å². The minimum absolute atomic E-state index is 0.00266. The highest BCUT2D eigenvalue weighted by molar-refractivity contribution is 5.99. The van der Waals surface area contributed by atoms with Gasteiger partial charge in [0.05, 0.1) is 91.9 Å². The fourth-order valence-corrected chi connectivity index (χ4v) is 16.6. The zero-order valence-corrected chi connectivity index (χ0v) is 77.6. The number of unbranched alkanes of at least 4 members (excludes halogenated alkanes) is 3. The molecule has 2 aromatic carbocycles. The van der Waals surface area contributed by atoms with Crippen LogP contribution in [-0.2, 0) is 79.6 Å². The Morgan fingerprint density at radius 1 is 0.583 bits per heavy atom. The first-order valence-electron chi connectivity index (χ1n) is 46.1. The van der Waals surface area contributed by atoms with Crippen LogP contribution in [0.5, 0.6) is 0 Å². The molecule has 1 aliphatic carbocycles. The topological polar surface area (TPSA) is 824 Å². The number of aryl methyl sites for hydroxylation is 1. The van der Waals surface area contributed by atoms with Crippen molar-refractivity contribution >= 4 is 76.1 Å². The maximum Gasteiger partial charge on any atom is 0.407 e. The summed E-state index contributed by atoms with van der Waals surface area (Å²) in [4.78, 5) is 156. The van der Waals surface area contributed by atoms with E-state index in [-0.39, 0.29) is 151 Å². The van der Waals surface area contributed by atoms with Crippen molar-refractivity contribution in [2.45, 2.75) is 290 Å². The number of hydrogen-bond donors (Lipinski definition) is 32. The zero-order chi connectivity index (χ0) is 103. The van der Waals surface area contributed by atoms with Gasteiger partial charge in [-0.25, -0.2) is 28.6 Å². The van der Waals surface area contributed by atoms with Gasteiger partial charge in [-0.1, -0.05) is 39.3 Å². The summed E-state index contributed by atoms with van der Waals surface area (Å²) >= 11 is 0. The molecule has 0 spiro atoms. The number of aliphatic carboxylic acids is 1. The quantitative estimate of drug-likeness (QED) is 0.0127. The Morgan fingerprint density at radius 2 is 1.06 bits per heavy atom. The molecule has 139 heavy (non-hydrogen) atoms. The number of nitrogens with zero attached hydrogens (tertiary/aromatic N) is 4. The predicted molar refractivity (Wildman–Crippen MR) is 485 cm³/mol. The first-order valence-corrected chi connectivity index (χ1v) is 46.1. The number of esters is 1. The highest BCUT2D eigenvalue weighted by Crippen LogP contribution is 2.46. The average molecular weight is 1980 g/mol. The summed E-state index contributed by atoms with van der Waals surface area (Å²) in [5.41, 5.74) is 12.9. The van der Waals surface area contributed by atoms with Crippen molar-refractivity contribution in [1.82, 2.24) is 56.6 Å². The minimum atomic E-state index is -2.13. The van der Waals surface area contributed by atoms with Gasteiger partial charge < -0.3 is 180 Å². The molecule has 0 saturated heterocycles. The largest absolute Gasteiger partial charge is 0.480 e. The van der Waals surface area contributed by atoms with Crippen molar-refractivity contribution in [2.24, 2.45) is 17.4 Å². The van der Waals surface area contributed by atoms with E-state index in [1.165, 1.54) is 38.6 Å². The number of ether oxygens (including phenoxy) is 2. The second-order valence-electron chi connectivity index (χ2n) is 35.7. The monoisotopic (exact) mass is 1980 g/mol. The summed E-state index contributed by atoms with van der Waals surface area (Å²) < 4.78 is 28.0. The first-order chi connectivity index (χ1) is 65.7. The number of rotatable bonds is 61. The highest BCUT2D eigenvalue weighted by Gasteiger charge is 2.47. The summed E-state index contributed by atoms with van der Waals surface area (Å²) in [5.74, 6) is -8.64. The number of nitrogens with one attached hydrogen (secondary N) is 8. The third-order valence-corrected chi connectivity index (χ3v) is 25.1. The van der Waals surface area contributed by atoms with Crippen molar-refractivity contribution < 1.29 is 174 Å². The third kappa shape index (κ3) is 32.0. The molecule has 0 radical (unpaired) electrons. The number of aromatic nitrogens is 2. The van der Waals surface area contributed by atoms with E-state index in [4.69, 9.17) is 25.9 Å². The summed E-state index contributed by atoms with van der Waals surface area (Å²) in [6.07, 6.45) is -34.2. The first kappa shape index (κ1) is 116. The molecule has 4 aromatic rings. The number of halogens is 1. The molecule has 0 saturated carbocycles. The van der Waals surface area contributed by atoms with E-state index in [1.54, 1.807) is 39.8 Å². The van der Waals surface area contributed by atoms with Crippen molar-refractivity contribution in [3.05, 3.63) is 91.5 Å². The number of primary amides is 1. The number of carboxylic acids is 1. The molecule has 2 aromatic heterocycles. The lowest BCUT2D eigenvalue weighted by Gasteiger charge is -2.33. The second kappa shape index (κ2) is 54.9. The van der Waals surface area contributed by atoms with Crippen LogP contribution in [0, 0.1) is 18.7 Å². The molecule has 0 bridgehead atoms. The number of alkyl carbamates (subject to hydrolysis) is 1. The third-order valence-electron chi connectivity index (χ3n) is 25.1. The number of fused-ring (bicyclic) bond motifs is 5. The van der Waals surface area contributed by atoms with Gasteiger partial charge in [0.2, 0.25) is 35.4 Å². The Morgan fingerprint density at radius 3 is 1.57 bits per heavy atom. The van der Waals surface area contributed by atoms with Gasteiger partial charge in [0, 0.05) is 80.4 Å². The van der Waals surface area contributed by atoms with Crippen molar-refractivity contribution in [2.75, 3.05) is 84.1 Å². The van der Waals surface area contributed by atoms with Crippen molar-refractivity contribution in [1.29, 1.82) is 0 Å². The van der Waals surface area contributed by atoms with Crippen molar-refractivity contribution in [3.8, 4) is 11.4 Å². The number of hydrogen-bond acceptors (Lipinski definition) is 38. The fourth-order valence-electron chi connectivity index (χ4n) is 16.6. The molecular formula is C89H137FN14O35. The molecule has 34 N–H and O–H groups in total. The summed E-state index contributed by atoms with van der Waals surface area (Å²) in [5, 5.41) is 247. The predicted octanol–water partition coefficient (Wildman–Crippen LogP) is -9.41. The van der Waals surface area contributed by atoms with E-state index in [1.807, 2.05) is 0 Å². The molecule has 0 unspecified atom stereocenters. The van der Waals surface area contributed by atoms with Gasteiger partial charge >= 0.3 is 24.1 Å². The van der Waals surface area contributed by atoms with Gasteiger partial charge in [-0.15, -0.1) is 0 Å². The number of aliphatic hydroxyl groups is 21. The number of nitrogens with two attached hydrogens (primary N) is 2. The van der Waals surface area contributed by atoms with Crippen LogP contribution in [0.3, 0.4) is 0 Å². The molecule has 49 nitrogen and oxygen atoms in total. The van der Waals surface area contributed by atoms with Gasteiger partial charge in [0.1, 0.15) is 116 Å². The van der Waals surface area contributed by atoms with E-state index in [2.05, 4.69) is 42.5 Å². The van der Waals surface area contributed by atoms with Crippen LogP contribution in [-0.4, -0.2) is 398 Å². The van der Waals surface area contributed by atoms with E-state index < -0.39 is 282 Å². The fraction of sp³-hybridized carbons (Fsp3) is 0.663. The number of pyridine rings is 2. The number of carbonyl (C=O) groups is 10. The molecule has 50 heteroatoms. The Kier molecular flexibility index (Phi) is 45.8. The van der Waals surface area contributed by atoms with Crippen LogP contribution in [0.15, 0.2) is 41.2 Å². The van der Waals surface area contributed by atoms with Crippen LogP contribution in [0.1, 0.15) is 162 Å². The highest BCUT2D eigenvalue weighted by atomic mass is 19.1. The minimum Gasteiger partial charge on any atom is -0.480 e. The Hall–Kier alpha value is -9.93. The lowest BCUT2D eigenvalue weighted by Crippen LogP contribution is -2.54. The molecule has 0 fully saturated rings. The molecule has 7 rings (SSSR count). The molecule has 2 aliphatic heterocycles. The van der Waals surface area contributed by atoms with E-state index in [0.29, 0.717) is 51.7 Å². The maximum atomic E-state index is 15.6. The SMILES string of the molecule is CC[C@@]1(O)C(=O)OCc2c1cc1n(c2=O)Cc2c-1nc1cc(F)c(C)c3c1c2[C@@H](NC(=O)OCc1ccc(NC(=O)[C@H](CCCNC(N)=O)NC(=O)[C@@H](NC(=O)CCC(=O)NCCCC[C@H](NC(=O)[C@@H](N)CCCCN(C[C@H](O)[C@@H](O)[C@H](O)[C@H](O)CO)C[C@H](O)[C@@H](O)[C@H](O)[C@H](O)CO)C(=O)N[C@@H](CCCCN(C[C@H](O)[C@@H](O)[C@H](O)[C@H](O)CO)C[C@H](O)[C@@H](O)[C@H](O)[C@H](O)CO)C(=O)O)C(C)C)cc1)CC3. The molecule has 23 atom stereocenters. The van der Waals surface area contributed by atoms with Crippen LogP contribution < -0.4 is 59.6 Å². The Bertz CT molecular complexity index is 4760. The van der Waals surface area contributed by atoms with Crippen LogP contribution in [0.2, 0.25) is 0 Å². The normalized spacial score (nSPS) is 19.1. The van der Waals surface area contributed by atoms with Crippen molar-refractivity contribution in [3.63, 3.8) is 0 Å².